The molecule has 4 aromatic rings. The Hall–Kier alpha value is -2.47. The number of aryl methyl sites for hydroxylation is 1. The fourth-order valence-corrected chi connectivity index (χ4v) is 3.60. The lowest BCUT2D eigenvalue weighted by atomic mass is 10.2. The number of thioether (sulfide) groups is 1. The summed E-state index contributed by atoms with van der Waals surface area (Å²) in [6, 6.07) is 14.9. The van der Waals surface area contributed by atoms with Crippen LogP contribution in [-0.4, -0.2) is 19.7 Å². The molecule has 0 radical (unpaired) electrons. The van der Waals surface area contributed by atoms with Crippen LogP contribution in [0.15, 0.2) is 53.7 Å². The van der Waals surface area contributed by atoms with E-state index in [9.17, 15) is 4.39 Å². The minimum absolute atomic E-state index is 0.207. The molecule has 0 aliphatic carbocycles. The molecule has 2 aromatic carbocycles. The van der Waals surface area contributed by atoms with Crippen LogP contribution < -0.4 is 0 Å². The molecule has 0 aliphatic rings. The third-order valence-corrected chi connectivity index (χ3v) is 4.87. The van der Waals surface area contributed by atoms with E-state index in [1.807, 2.05) is 24.3 Å². The summed E-state index contributed by atoms with van der Waals surface area (Å²) in [5, 5.41) is 10.2. The fourth-order valence-electron chi connectivity index (χ4n) is 2.83. The first-order chi connectivity index (χ1) is 11.8. The number of aromatic nitrogens is 4. The van der Waals surface area contributed by atoms with Crippen LogP contribution in [0.5, 0.6) is 0 Å². The van der Waals surface area contributed by atoms with Crippen LogP contribution in [0.1, 0.15) is 12.5 Å². The van der Waals surface area contributed by atoms with E-state index in [1.54, 1.807) is 12.1 Å². The Labute approximate surface area is 142 Å². The number of hydrogen-bond acceptors (Lipinski definition) is 4. The number of rotatable bonds is 4. The van der Waals surface area contributed by atoms with Crippen LogP contribution in [-0.2, 0) is 12.3 Å². The topological polar surface area (TPSA) is 43.6 Å². The molecule has 0 fully saturated rings. The molecule has 4 nitrogen and oxygen atoms in total. The molecule has 0 aliphatic heterocycles. The molecular weight excluding hydrogens is 323 g/mol. The Bertz CT molecular complexity index is 1030. The first kappa shape index (κ1) is 15.1. The van der Waals surface area contributed by atoms with Gasteiger partial charge in [-0.25, -0.2) is 9.37 Å². The molecule has 0 atom stereocenters. The summed E-state index contributed by atoms with van der Waals surface area (Å²) in [5.41, 5.74) is 3.38. The minimum Gasteiger partial charge on any atom is -0.324 e. The van der Waals surface area contributed by atoms with Gasteiger partial charge in [-0.05, 0) is 24.6 Å². The third kappa shape index (κ3) is 2.53. The van der Waals surface area contributed by atoms with Crippen molar-refractivity contribution in [3.63, 3.8) is 0 Å². The summed E-state index contributed by atoms with van der Waals surface area (Å²) >= 11 is 1.39. The molecule has 0 bridgehead atoms. The largest absolute Gasteiger partial charge is 0.324 e. The quantitative estimate of drug-likeness (QED) is 0.516. The lowest BCUT2D eigenvalue weighted by Gasteiger charge is -2.04. The molecule has 2 aromatic heterocycles. The number of nitrogens with zero attached hydrogens (tertiary/aromatic N) is 4. The van der Waals surface area contributed by atoms with Crippen molar-refractivity contribution in [2.45, 2.75) is 24.4 Å². The van der Waals surface area contributed by atoms with Crippen molar-refractivity contribution in [1.29, 1.82) is 0 Å². The molecule has 0 saturated carbocycles. The third-order valence-electron chi connectivity index (χ3n) is 3.99. The van der Waals surface area contributed by atoms with E-state index >= 15 is 0 Å². The van der Waals surface area contributed by atoms with E-state index < -0.39 is 0 Å². The molecule has 24 heavy (non-hydrogen) atoms. The van der Waals surface area contributed by atoms with Crippen LogP contribution >= 0.6 is 11.8 Å². The second-order valence-electron chi connectivity index (χ2n) is 5.41. The van der Waals surface area contributed by atoms with Gasteiger partial charge < -0.3 is 4.57 Å². The summed E-state index contributed by atoms with van der Waals surface area (Å²) in [6.45, 7) is 2.89. The molecule has 6 heteroatoms. The van der Waals surface area contributed by atoms with Crippen molar-refractivity contribution in [1.82, 2.24) is 19.7 Å². The van der Waals surface area contributed by atoms with Crippen molar-refractivity contribution in [3.8, 4) is 0 Å². The maximum absolute atomic E-state index is 13.7. The first-order valence-electron chi connectivity index (χ1n) is 7.76. The molecule has 2 heterocycles. The number of hydrogen-bond donors (Lipinski definition) is 0. The zero-order valence-electron chi connectivity index (χ0n) is 13.1. The second kappa shape index (κ2) is 6.20. The predicted octanol–water partition coefficient (Wildman–Crippen LogP) is 4.43. The number of fused-ring (bicyclic) bond motifs is 3. The summed E-state index contributed by atoms with van der Waals surface area (Å²) in [7, 11) is 0. The van der Waals surface area contributed by atoms with E-state index in [0.29, 0.717) is 16.5 Å². The summed E-state index contributed by atoms with van der Waals surface area (Å²) in [4.78, 5) is 4.66. The Morgan fingerprint density at radius 1 is 1.04 bits per heavy atom. The fraction of sp³-hybridized carbons (Fsp3) is 0.167. The molecule has 120 valence electrons. The average molecular weight is 338 g/mol. The van der Waals surface area contributed by atoms with Crippen molar-refractivity contribution in [2.75, 3.05) is 0 Å². The standard InChI is InChI=1S/C18H15FN4S/c1-2-23-15-10-6-4-8-13(15)16-17(23)20-18(22-21-16)24-11-12-7-3-5-9-14(12)19/h3-10H,2,11H2,1H3. The smallest absolute Gasteiger partial charge is 0.211 e. The Kier molecular flexibility index (Phi) is 3.90. The Balaban J connectivity index is 1.73. The minimum atomic E-state index is -0.207. The monoisotopic (exact) mass is 338 g/mol. The molecule has 0 unspecified atom stereocenters. The van der Waals surface area contributed by atoms with Crippen molar-refractivity contribution in [2.24, 2.45) is 0 Å². The van der Waals surface area contributed by atoms with Crippen molar-refractivity contribution in [3.05, 3.63) is 59.9 Å². The normalized spacial score (nSPS) is 11.4. The van der Waals surface area contributed by atoms with Gasteiger partial charge in [0.25, 0.3) is 0 Å². The predicted molar refractivity (Wildman–Crippen MR) is 94.5 cm³/mol. The van der Waals surface area contributed by atoms with E-state index in [4.69, 9.17) is 0 Å². The van der Waals surface area contributed by atoms with Gasteiger partial charge in [0.05, 0.1) is 5.52 Å². The Morgan fingerprint density at radius 3 is 2.67 bits per heavy atom. The molecule has 0 N–H and O–H groups in total. The van der Waals surface area contributed by atoms with Gasteiger partial charge in [-0.2, -0.15) is 0 Å². The van der Waals surface area contributed by atoms with Gasteiger partial charge in [-0.15, -0.1) is 10.2 Å². The average Bonchev–Trinajstić information content (AvgIpc) is 2.94. The highest BCUT2D eigenvalue weighted by molar-refractivity contribution is 7.98. The molecule has 0 spiro atoms. The first-order valence-corrected chi connectivity index (χ1v) is 8.74. The van der Waals surface area contributed by atoms with Gasteiger partial charge >= 0.3 is 0 Å². The maximum Gasteiger partial charge on any atom is 0.211 e. The number of halogens is 1. The van der Waals surface area contributed by atoms with Crippen LogP contribution in [0.4, 0.5) is 4.39 Å². The van der Waals surface area contributed by atoms with Crippen molar-refractivity contribution >= 4 is 33.8 Å². The van der Waals surface area contributed by atoms with Crippen molar-refractivity contribution < 1.29 is 4.39 Å². The Morgan fingerprint density at radius 2 is 1.83 bits per heavy atom. The lowest BCUT2D eigenvalue weighted by molar-refractivity contribution is 0.617. The van der Waals surface area contributed by atoms with E-state index in [1.165, 1.54) is 17.8 Å². The highest BCUT2D eigenvalue weighted by Crippen LogP contribution is 2.28. The highest BCUT2D eigenvalue weighted by atomic mass is 32.2. The zero-order valence-corrected chi connectivity index (χ0v) is 13.9. The van der Waals surface area contributed by atoms with Gasteiger partial charge in [-0.3, -0.25) is 0 Å². The van der Waals surface area contributed by atoms with Crippen LogP contribution in [0.2, 0.25) is 0 Å². The molecule has 4 rings (SSSR count). The van der Waals surface area contributed by atoms with E-state index in [-0.39, 0.29) is 5.82 Å². The molecule has 0 saturated heterocycles. The second-order valence-corrected chi connectivity index (χ2v) is 6.35. The van der Waals surface area contributed by atoms with E-state index in [0.717, 1.165) is 28.6 Å². The summed E-state index contributed by atoms with van der Waals surface area (Å²) in [5.74, 6) is 0.272. The van der Waals surface area contributed by atoms with E-state index in [2.05, 4.69) is 32.7 Å². The zero-order chi connectivity index (χ0) is 16.5. The van der Waals surface area contributed by atoms with Crippen LogP contribution in [0.3, 0.4) is 0 Å². The van der Waals surface area contributed by atoms with Gasteiger partial charge in [0.15, 0.2) is 5.65 Å². The lowest BCUT2D eigenvalue weighted by Crippen LogP contribution is -1.98. The highest BCUT2D eigenvalue weighted by Gasteiger charge is 2.14. The van der Waals surface area contributed by atoms with Gasteiger partial charge in [-0.1, -0.05) is 48.2 Å². The molecular formula is C18H15FN4S. The maximum atomic E-state index is 13.7. The van der Waals surface area contributed by atoms with Crippen LogP contribution in [0.25, 0.3) is 22.1 Å². The summed E-state index contributed by atoms with van der Waals surface area (Å²) in [6.07, 6.45) is 0. The SMILES string of the molecule is CCn1c2ccccc2c2nnc(SCc3ccccc3F)nc21. The van der Waals surface area contributed by atoms with Gasteiger partial charge in [0.2, 0.25) is 5.16 Å². The van der Waals surface area contributed by atoms with Gasteiger partial charge in [0, 0.05) is 17.7 Å². The summed E-state index contributed by atoms with van der Waals surface area (Å²) < 4.78 is 15.9. The number of benzene rings is 2. The molecule has 0 amide bonds. The number of para-hydroxylation sites is 1. The van der Waals surface area contributed by atoms with Gasteiger partial charge in [0.1, 0.15) is 11.3 Å². The van der Waals surface area contributed by atoms with Crippen LogP contribution in [0, 0.1) is 5.82 Å².